The second-order valence-corrected chi connectivity index (χ2v) is 7.70. The summed E-state index contributed by atoms with van der Waals surface area (Å²) in [5.41, 5.74) is 0. The van der Waals surface area contributed by atoms with Crippen LogP contribution in [0.1, 0.15) is 64.7 Å². The van der Waals surface area contributed by atoms with Gasteiger partial charge in [-0.2, -0.15) is 12.6 Å². The SMILES string of the molecule is CC(S)CCCC(O)/C=C/[C@H]1CCCC(=O)N1CC#CCCCC(=O)O. The molecule has 5 nitrogen and oxygen atoms in total. The summed E-state index contributed by atoms with van der Waals surface area (Å²) in [6.07, 6.45) is 9.25. The smallest absolute Gasteiger partial charge is 0.303 e. The highest BCUT2D eigenvalue weighted by Gasteiger charge is 2.25. The summed E-state index contributed by atoms with van der Waals surface area (Å²) >= 11 is 4.34. The van der Waals surface area contributed by atoms with E-state index in [0.29, 0.717) is 37.5 Å². The Bertz CT molecular complexity index is 536. The van der Waals surface area contributed by atoms with Crippen LogP contribution in [-0.2, 0) is 9.59 Å². The molecule has 3 atom stereocenters. The number of nitrogens with zero attached hydrogens (tertiary/aromatic N) is 1. The van der Waals surface area contributed by atoms with Crippen molar-refractivity contribution >= 4 is 24.5 Å². The molecule has 1 aliphatic heterocycles. The number of amides is 1. The molecule has 0 aromatic heterocycles. The summed E-state index contributed by atoms with van der Waals surface area (Å²) in [4.78, 5) is 24.4. The molecule has 0 bridgehead atoms. The first-order valence-electron chi connectivity index (χ1n) is 9.41. The second kappa shape index (κ2) is 12.8. The van der Waals surface area contributed by atoms with Crippen LogP contribution in [-0.4, -0.2) is 50.9 Å². The number of unbranched alkanes of at least 4 members (excludes halogenated alkanes) is 1. The summed E-state index contributed by atoms with van der Waals surface area (Å²) in [5, 5.41) is 19.0. The van der Waals surface area contributed by atoms with Crippen LogP contribution in [0.2, 0.25) is 0 Å². The molecule has 2 N–H and O–H groups in total. The molecule has 1 heterocycles. The average Bonchev–Trinajstić information content (AvgIpc) is 2.57. The van der Waals surface area contributed by atoms with Gasteiger partial charge in [-0.3, -0.25) is 9.59 Å². The Balaban J connectivity index is 2.48. The molecule has 0 aromatic carbocycles. The lowest BCUT2D eigenvalue weighted by molar-refractivity contribution is -0.137. The molecule has 0 aliphatic carbocycles. The van der Waals surface area contributed by atoms with Gasteiger partial charge in [0.25, 0.3) is 0 Å². The first-order chi connectivity index (χ1) is 12.4. The summed E-state index contributed by atoms with van der Waals surface area (Å²) in [6.45, 7) is 2.40. The maximum Gasteiger partial charge on any atom is 0.303 e. The molecule has 1 saturated heterocycles. The first-order valence-corrected chi connectivity index (χ1v) is 9.93. The van der Waals surface area contributed by atoms with Crippen molar-refractivity contribution in [2.24, 2.45) is 0 Å². The molecule has 2 unspecified atom stereocenters. The third kappa shape index (κ3) is 9.88. The number of carbonyl (C=O) groups excluding carboxylic acids is 1. The molecule has 1 aliphatic rings. The number of aliphatic hydroxyl groups excluding tert-OH is 1. The van der Waals surface area contributed by atoms with Gasteiger partial charge in [-0.1, -0.05) is 25.0 Å². The molecular weight excluding hydrogens is 350 g/mol. The van der Waals surface area contributed by atoms with Crippen LogP contribution < -0.4 is 0 Å². The Morgan fingerprint density at radius 1 is 1.38 bits per heavy atom. The molecule has 146 valence electrons. The van der Waals surface area contributed by atoms with Crippen molar-refractivity contribution in [3.8, 4) is 11.8 Å². The quantitative estimate of drug-likeness (QED) is 0.235. The average molecular weight is 382 g/mol. The van der Waals surface area contributed by atoms with E-state index in [2.05, 4.69) is 24.5 Å². The Labute approximate surface area is 162 Å². The van der Waals surface area contributed by atoms with Crippen LogP contribution in [0, 0.1) is 11.8 Å². The first kappa shape index (κ1) is 22.6. The number of piperidine rings is 1. The van der Waals surface area contributed by atoms with Gasteiger partial charge in [-0.05, 0) is 43.8 Å². The van der Waals surface area contributed by atoms with Crippen molar-refractivity contribution in [3.05, 3.63) is 12.2 Å². The van der Waals surface area contributed by atoms with Gasteiger partial charge in [0.05, 0.1) is 18.7 Å². The highest BCUT2D eigenvalue weighted by atomic mass is 32.1. The van der Waals surface area contributed by atoms with Crippen LogP contribution in [0.4, 0.5) is 0 Å². The minimum Gasteiger partial charge on any atom is -0.481 e. The number of aliphatic hydroxyl groups is 1. The lowest BCUT2D eigenvalue weighted by atomic mass is 10.00. The summed E-state index contributed by atoms with van der Waals surface area (Å²) in [6, 6.07) is -0.0250. The Hall–Kier alpha value is -1.45. The number of aliphatic carboxylic acids is 1. The Kier molecular flexibility index (Phi) is 11.1. The molecular formula is C20H31NO4S. The van der Waals surface area contributed by atoms with Gasteiger partial charge in [-0.15, -0.1) is 5.92 Å². The minimum atomic E-state index is -0.814. The molecule has 0 aromatic rings. The summed E-state index contributed by atoms with van der Waals surface area (Å²) < 4.78 is 0. The monoisotopic (exact) mass is 381 g/mol. The highest BCUT2D eigenvalue weighted by Crippen LogP contribution is 2.19. The Morgan fingerprint density at radius 2 is 2.15 bits per heavy atom. The third-order valence-corrected chi connectivity index (χ3v) is 4.61. The maximum atomic E-state index is 12.2. The van der Waals surface area contributed by atoms with E-state index in [1.165, 1.54) is 0 Å². The minimum absolute atomic E-state index is 0.0250. The van der Waals surface area contributed by atoms with Gasteiger partial charge in [-0.25, -0.2) is 0 Å². The molecule has 1 amide bonds. The number of thiol groups is 1. The van der Waals surface area contributed by atoms with Gasteiger partial charge in [0.1, 0.15) is 0 Å². The fourth-order valence-electron chi connectivity index (χ4n) is 2.88. The topological polar surface area (TPSA) is 77.8 Å². The van der Waals surface area contributed by atoms with Crippen molar-refractivity contribution in [1.29, 1.82) is 0 Å². The summed E-state index contributed by atoms with van der Waals surface area (Å²) in [5.74, 6) is 5.20. The van der Waals surface area contributed by atoms with E-state index < -0.39 is 12.1 Å². The standard InChI is InChI=1S/C20H31NO4S/c1-16(26)8-6-10-18(22)14-13-17-9-7-11-19(23)21(17)15-5-3-2-4-12-20(24)25/h13-14,16-18,22,26H,2,4,6-12,15H2,1H3,(H,24,25)/b14-13+/t16?,17-,18?/m1/s1. The van der Waals surface area contributed by atoms with E-state index in [-0.39, 0.29) is 18.4 Å². The highest BCUT2D eigenvalue weighted by molar-refractivity contribution is 7.80. The van der Waals surface area contributed by atoms with E-state index in [9.17, 15) is 14.7 Å². The number of carbonyl (C=O) groups is 2. The van der Waals surface area contributed by atoms with Gasteiger partial charge >= 0.3 is 5.97 Å². The number of hydrogen-bond acceptors (Lipinski definition) is 4. The molecule has 0 saturated carbocycles. The third-order valence-electron chi connectivity index (χ3n) is 4.36. The lowest BCUT2D eigenvalue weighted by Crippen LogP contribution is -2.42. The zero-order valence-corrected chi connectivity index (χ0v) is 16.5. The molecule has 1 fully saturated rings. The van der Waals surface area contributed by atoms with Crippen molar-refractivity contribution in [3.63, 3.8) is 0 Å². The van der Waals surface area contributed by atoms with E-state index in [4.69, 9.17) is 5.11 Å². The van der Waals surface area contributed by atoms with E-state index >= 15 is 0 Å². The Morgan fingerprint density at radius 3 is 2.85 bits per heavy atom. The zero-order valence-electron chi connectivity index (χ0n) is 15.6. The lowest BCUT2D eigenvalue weighted by Gasteiger charge is -2.32. The molecule has 1 rings (SSSR count). The van der Waals surface area contributed by atoms with Crippen LogP contribution in [0.15, 0.2) is 12.2 Å². The second-order valence-electron chi connectivity index (χ2n) is 6.81. The summed E-state index contributed by atoms with van der Waals surface area (Å²) in [7, 11) is 0. The predicted molar refractivity (Wildman–Crippen MR) is 106 cm³/mol. The van der Waals surface area contributed by atoms with Crippen molar-refractivity contribution in [2.45, 2.75) is 82.1 Å². The van der Waals surface area contributed by atoms with Crippen molar-refractivity contribution in [1.82, 2.24) is 4.90 Å². The van der Waals surface area contributed by atoms with E-state index in [1.807, 2.05) is 13.0 Å². The van der Waals surface area contributed by atoms with Gasteiger partial charge in [0, 0.05) is 19.3 Å². The normalized spacial score (nSPS) is 19.9. The van der Waals surface area contributed by atoms with E-state index in [1.54, 1.807) is 11.0 Å². The van der Waals surface area contributed by atoms with Crippen molar-refractivity contribution < 1.29 is 19.8 Å². The fourth-order valence-corrected chi connectivity index (χ4v) is 3.07. The molecule has 0 spiro atoms. The van der Waals surface area contributed by atoms with Gasteiger partial charge < -0.3 is 15.1 Å². The molecule has 6 heteroatoms. The van der Waals surface area contributed by atoms with Crippen LogP contribution in [0.25, 0.3) is 0 Å². The van der Waals surface area contributed by atoms with E-state index in [0.717, 1.165) is 25.7 Å². The van der Waals surface area contributed by atoms with Gasteiger partial charge in [0.2, 0.25) is 5.91 Å². The fraction of sp³-hybridized carbons (Fsp3) is 0.700. The zero-order chi connectivity index (χ0) is 19.4. The molecule has 0 radical (unpaired) electrons. The predicted octanol–water partition coefficient (Wildman–Crippen LogP) is 3.03. The number of likely N-dealkylation sites (tertiary alicyclic amines) is 1. The largest absolute Gasteiger partial charge is 0.481 e. The molecule has 26 heavy (non-hydrogen) atoms. The number of hydrogen-bond donors (Lipinski definition) is 3. The van der Waals surface area contributed by atoms with Crippen LogP contribution in [0.3, 0.4) is 0 Å². The van der Waals surface area contributed by atoms with Crippen molar-refractivity contribution in [2.75, 3.05) is 6.54 Å². The van der Waals surface area contributed by atoms with Gasteiger partial charge in [0.15, 0.2) is 0 Å². The number of rotatable bonds is 10. The maximum absolute atomic E-state index is 12.2. The van der Waals surface area contributed by atoms with Crippen LogP contribution >= 0.6 is 12.6 Å². The number of carboxylic acids is 1. The van der Waals surface area contributed by atoms with Crippen LogP contribution in [0.5, 0.6) is 0 Å². The number of carboxylic acid groups (broad SMARTS) is 1.